The Bertz CT molecular complexity index is 490. The van der Waals surface area contributed by atoms with Crippen molar-refractivity contribution in [3.05, 3.63) is 18.6 Å². The molecule has 1 aromatic rings. The molecule has 2 aliphatic heterocycles. The number of likely N-dealkylation sites (N-methyl/N-ethyl adjacent to an activating group) is 1. The molecule has 0 spiro atoms. The summed E-state index contributed by atoms with van der Waals surface area (Å²) < 4.78 is 5.85. The Morgan fingerprint density at radius 1 is 1.18 bits per heavy atom. The molecule has 7 nitrogen and oxygen atoms in total. The SMILES string of the molecule is CN1CCN(C(=O)N2CCC[C@H](Oc3cnccn3)C2)CC1. The van der Waals surface area contributed by atoms with E-state index in [9.17, 15) is 4.79 Å². The van der Waals surface area contributed by atoms with Crippen molar-refractivity contribution in [3.8, 4) is 5.88 Å². The van der Waals surface area contributed by atoms with Crippen LogP contribution in [0.15, 0.2) is 18.6 Å². The predicted octanol–water partition coefficient (Wildman–Crippen LogP) is 0.687. The van der Waals surface area contributed by atoms with E-state index in [1.807, 2.05) is 9.80 Å². The van der Waals surface area contributed by atoms with Gasteiger partial charge in [-0.3, -0.25) is 4.98 Å². The van der Waals surface area contributed by atoms with E-state index in [0.29, 0.717) is 12.4 Å². The third-order valence-corrected chi connectivity index (χ3v) is 4.25. The first kappa shape index (κ1) is 15.0. The van der Waals surface area contributed by atoms with Gasteiger partial charge < -0.3 is 19.4 Å². The zero-order valence-electron chi connectivity index (χ0n) is 13.0. The fourth-order valence-corrected chi connectivity index (χ4v) is 2.92. The molecule has 2 amide bonds. The number of aromatic nitrogens is 2. The fraction of sp³-hybridized carbons (Fsp3) is 0.667. The second kappa shape index (κ2) is 6.91. The van der Waals surface area contributed by atoms with E-state index in [1.54, 1.807) is 18.6 Å². The first-order chi connectivity index (χ1) is 10.7. The van der Waals surface area contributed by atoms with Gasteiger partial charge in [-0.25, -0.2) is 9.78 Å². The van der Waals surface area contributed by atoms with E-state index >= 15 is 0 Å². The standard InChI is InChI=1S/C15H23N5O2/c1-18-7-9-19(10-8-18)15(21)20-6-2-3-13(12-20)22-14-11-16-4-5-17-14/h4-5,11,13H,2-3,6-10,12H2,1H3/t13-/m0/s1. The van der Waals surface area contributed by atoms with Gasteiger partial charge in [-0.2, -0.15) is 0 Å². The summed E-state index contributed by atoms with van der Waals surface area (Å²) in [5, 5.41) is 0. The number of nitrogens with zero attached hydrogens (tertiary/aromatic N) is 5. The summed E-state index contributed by atoms with van der Waals surface area (Å²) in [6.45, 7) is 4.94. The molecule has 2 saturated heterocycles. The van der Waals surface area contributed by atoms with Crippen LogP contribution in [0.25, 0.3) is 0 Å². The van der Waals surface area contributed by atoms with Crippen molar-refractivity contribution in [3.63, 3.8) is 0 Å². The monoisotopic (exact) mass is 305 g/mol. The van der Waals surface area contributed by atoms with Gasteiger partial charge in [-0.15, -0.1) is 0 Å². The predicted molar refractivity (Wildman–Crippen MR) is 81.7 cm³/mol. The van der Waals surface area contributed by atoms with Crippen molar-refractivity contribution in [2.45, 2.75) is 18.9 Å². The molecule has 1 atom stereocenters. The lowest BCUT2D eigenvalue weighted by molar-refractivity contribution is 0.0729. The molecule has 0 bridgehead atoms. The maximum absolute atomic E-state index is 12.6. The van der Waals surface area contributed by atoms with Crippen molar-refractivity contribution in [1.29, 1.82) is 0 Å². The lowest BCUT2D eigenvalue weighted by atomic mass is 10.1. The molecule has 120 valence electrons. The van der Waals surface area contributed by atoms with Crippen LogP contribution in [0, 0.1) is 0 Å². The minimum Gasteiger partial charge on any atom is -0.471 e. The number of hydrogen-bond acceptors (Lipinski definition) is 5. The number of rotatable bonds is 2. The van der Waals surface area contributed by atoms with Crippen LogP contribution in [0.3, 0.4) is 0 Å². The number of ether oxygens (including phenoxy) is 1. The molecular formula is C15H23N5O2. The average molecular weight is 305 g/mol. The molecule has 2 fully saturated rings. The summed E-state index contributed by atoms with van der Waals surface area (Å²) in [6, 6.07) is 0.139. The van der Waals surface area contributed by atoms with Gasteiger partial charge in [0.25, 0.3) is 0 Å². The summed E-state index contributed by atoms with van der Waals surface area (Å²) in [7, 11) is 2.09. The Morgan fingerprint density at radius 3 is 2.73 bits per heavy atom. The van der Waals surface area contributed by atoms with Crippen molar-refractivity contribution in [1.82, 2.24) is 24.7 Å². The highest BCUT2D eigenvalue weighted by molar-refractivity contribution is 5.74. The molecule has 0 saturated carbocycles. The van der Waals surface area contributed by atoms with Crippen LogP contribution < -0.4 is 4.74 Å². The van der Waals surface area contributed by atoms with Crippen LogP contribution in [0.4, 0.5) is 4.79 Å². The third kappa shape index (κ3) is 3.65. The minimum atomic E-state index is 0.00173. The van der Waals surface area contributed by atoms with E-state index in [2.05, 4.69) is 21.9 Å². The number of carbonyl (C=O) groups excluding carboxylic acids is 1. The average Bonchev–Trinajstić information content (AvgIpc) is 2.56. The molecule has 22 heavy (non-hydrogen) atoms. The number of piperazine rings is 1. The largest absolute Gasteiger partial charge is 0.471 e. The van der Waals surface area contributed by atoms with Crippen molar-refractivity contribution >= 4 is 6.03 Å². The highest BCUT2D eigenvalue weighted by Gasteiger charge is 2.29. The zero-order valence-corrected chi connectivity index (χ0v) is 13.0. The van der Waals surface area contributed by atoms with Gasteiger partial charge in [-0.1, -0.05) is 0 Å². The maximum Gasteiger partial charge on any atom is 0.320 e. The first-order valence-electron chi connectivity index (χ1n) is 7.87. The van der Waals surface area contributed by atoms with E-state index in [0.717, 1.165) is 45.6 Å². The highest BCUT2D eigenvalue weighted by atomic mass is 16.5. The second-order valence-corrected chi connectivity index (χ2v) is 5.94. The Hall–Kier alpha value is -1.89. The molecule has 0 radical (unpaired) electrons. The summed E-state index contributed by atoms with van der Waals surface area (Å²) in [6.07, 6.45) is 6.76. The topological polar surface area (TPSA) is 61.8 Å². The lowest BCUT2D eigenvalue weighted by Crippen LogP contribution is -2.54. The molecule has 3 heterocycles. The van der Waals surface area contributed by atoms with Crippen molar-refractivity contribution < 1.29 is 9.53 Å². The van der Waals surface area contributed by atoms with Gasteiger partial charge >= 0.3 is 6.03 Å². The molecule has 1 aromatic heterocycles. The van der Waals surface area contributed by atoms with E-state index in [1.165, 1.54) is 0 Å². The number of hydrogen-bond donors (Lipinski definition) is 0. The first-order valence-corrected chi connectivity index (χ1v) is 7.87. The number of amides is 2. The number of urea groups is 1. The minimum absolute atomic E-state index is 0.00173. The van der Waals surface area contributed by atoms with E-state index < -0.39 is 0 Å². The second-order valence-electron chi connectivity index (χ2n) is 5.94. The van der Waals surface area contributed by atoms with Crippen LogP contribution in [-0.4, -0.2) is 83.1 Å². The molecule has 3 rings (SSSR count). The molecule has 0 unspecified atom stereocenters. The summed E-state index contributed by atoms with van der Waals surface area (Å²) in [4.78, 5) is 26.9. The molecule has 0 aromatic carbocycles. The van der Waals surface area contributed by atoms with Gasteiger partial charge in [0, 0.05) is 45.1 Å². The quantitative estimate of drug-likeness (QED) is 0.804. The number of piperidine rings is 1. The number of carbonyl (C=O) groups is 1. The Morgan fingerprint density at radius 2 is 2.00 bits per heavy atom. The van der Waals surface area contributed by atoms with Crippen molar-refractivity contribution in [2.24, 2.45) is 0 Å². The summed E-state index contributed by atoms with van der Waals surface area (Å²) in [5.74, 6) is 0.529. The molecule has 7 heteroatoms. The molecule has 0 N–H and O–H groups in total. The fourth-order valence-electron chi connectivity index (χ4n) is 2.92. The van der Waals surface area contributed by atoms with Crippen LogP contribution in [0.5, 0.6) is 5.88 Å². The zero-order chi connectivity index (χ0) is 15.4. The molecular weight excluding hydrogens is 282 g/mol. The highest BCUT2D eigenvalue weighted by Crippen LogP contribution is 2.17. The van der Waals surface area contributed by atoms with Gasteiger partial charge in [0.1, 0.15) is 6.10 Å². The van der Waals surface area contributed by atoms with E-state index in [4.69, 9.17) is 4.74 Å². The van der Waals surface area contributed by atoms with Gasteiger partial charge in [0.2, 0.25) is 5.88 Å². The van der Waals surface area contributed by atoms with Gasteiger partial charge in [0.15, 0.2) is 0 Å². The summed E-state index contributed by atoms with van der Waals surface area (Å²) in [5.41, 5.74) is 0. The van der Waals surface area contributed by atoms with Crippen LogP contribution in [0.1, 0.15) is 12.8 Å². The maximum atomic E-state index is 12.6. The van der Waals surface area contributed by atoms with Gasteiger partial charge in [-0.05, 0) is 19.9 Å². The molecule has 0 aliphatic carbocycles. The third-order valence-electron chi connectivity index (χ3n) is 4.25. The Kier molecular flexibility index (Phi) is 4.72. The van der Waals surface area contributed by atoms with E-state index in [-0.39, 0.29) is 12.1 Å². The Balaban J connectivity index is 1.55. The van der Waals surface area contributed by atoms with Crippen LogP contribution in [-0.2, 0) is 0 Å². The van der Waals surface area contributed by atoms with Crippen LogP contribution >= 0.6 is 0 Å². The number of likely N-dealkylation sites (tertiary alicyclic amines) is 1. The Labute approximate surface area is 130 Å². The smallest absolute Gasteiger partial charge is 0.320 e. The van der Waals surface area contributed by atoms with Crippen molar-refractivity contribution in [2.75, 3.05) is 46.3 Å². The summed E-state index contributed by atoms with van der Waals surface area (Å²) >= 11 is 0. The molecule has 2 aliphatic rings. The van der Waals surface area contributed by atoms with Gasteiger partial charge in [0.05, 0.1) is 12.7 Å². The van der Waals surface area contributed by atoms with Crippen LogP contribution in [0.2, 0.25) is 0 Å². The normalized spacial score (nSPS) is 23.4. The lowest BCUT2D eigenvalue weighted by Gasteiger charge is -2.39.